The van der Waals surface area contributed by atoms with Gasteiger partial charge in [-0.05, 0) is 44.1 Å². The molecule has 1 unspecified atom stereocenters. The molecule has 1 aliphatic rings. The van der Waals surface area contributed by atoms with E-state index in [1.807, 2.05) is 0 Å². The van der Waals surface area contributed by atoms with E-state index in [2.05, 4.69) is 29.1 Å². The van der Waals surface area contributed by atoms with Crippen molar-refractivity contribution in [1.82, 2.24) is 10.2 Å². The number of nitrogens with two attached hydrogens (primary N) is 1. The lowest BCUT2D eigenvalue weighted by atomic mass is 10.1. The summed E-state index contributed by atoms with van der Waals surface area (Å²) >= 11 is 6.13. The molecule has 0 aliphatic carbocycles. The molecular formula is C16H20ClN3O. The predicted molar refractivity (Wildman–Crippen MR) is 85.3 cm³/mol. The van der Waals surface area contributed by atoms with Crippen molar-refractivity contribution in [1.29, 1.82) is 0 Å². The van der Waals surface area contributed by atoms with Crippen molar-refractivity contribution >= 4 is 17.5 Å². The van der Waals surface area contributed by atoms with Crippen LogP contribution >= 0.6 is 11.6 Å². The van der Waals surface area contributed by atoms with Crippen molar-refractivity contribution in [3.05, 3.63) is 34.3 Å². The SMILES string of the molecule is CN1CCC(CNC(=O)c2ccc(C#CCN)c(Cl)c2)C1. The summed E-state index contributed by atoms with van der Waals surface area (Å²) in [6.07, 6.45) is 1.13. The maximum Gasteiger partial charge on any atom is 0.251 e. The van der Waals surface area contributed by atoms with Crippen LogP contribution in [-0.4, -0.2) is 44.0 Å². The Kier molecular flexibility index (Phi) is 5.63. The van der Waals surface area contributed by atoms with Gasteiger partial charge in [0.1, 0.15) is 0 Å². The molecule has 1 fully saturated rings. The van der Waals surface area contributed by atoms with E-state index < -0.39 is 0 Å². The third-order valence-corrected chi connectivity index (χ3v) is 3.91. The van der Waals surface area contributed by atoms with E-state index in [0.717, 1.165) is 19.5 Å². The highest BCUT2D eigenvalue weighted by Gasteiger charge is 2.20. The van der Waals surface area contributed by atoms with Crippen LogP contribution in [0.3, 0.4) is 0 Å². The zero-order valence-corrected chi connectivity index (χ0v) is 12.9. The number of likely N-dealkylation sites (tertiary alicyclic amines) is 1. The summed E-state index contributed by atoms with van der Waals surface area (Å²) in [7, 11) is 2.10. The molecule has 112 valence electrons. The first kappa shape index (κ1) is 15.8. The fraction of sp³-hybridized carbons (Fsp3) is 0.438. The van der Waals surface area contributed by atoms with Gasteiger partial charge in [-0.2, -0.15) is 0 Å². The van der Waals surface area contributed by atoms with Gasteiger partial charge < -0.3 is 16.0 Å². The summed E-state index contributed by atoms with van der Waals surface area (Å²) in [5.74, 6) is 6.06. The van der Waals surface area contributed by atoms with Crippen LogP contribution in [0.4, 0.5) is 0 Å². The van der Waals surface area contributed by atoms with Crippen molar-refractivity contribution in [2.45, 2.75) is 6.42 Å². The van der Waals surface area contributed by atoms with Crippen LogP contribution in [0.25, 0.3) is 0 Å². The first-order valence-electron chi connectivity index (χ1n) is 7.05. The fourth-order valence-electron chi connectivity index (χ4n) is 2.44. The number of amides is 1. The Hall–Kier alpha value is -1.54. The first-order valence-corrected chi connectivity index (χ1v) is 7.43. The average Bonchev–Trinajstić information content (AvgIpc) is 2.89. The number of carbonyl (C=O) groups is 1. The standard InChI is InChI=1S/C16H20ClN3O/c1-20-8-6-12(11-20)10-19-16(21)14-5-4-13(3-2-7-18)15(17)9-14/h4-5,9,12H,6-8,10-11,18H2,1H3,(H,19,21). The number of hydrogen-bond acceptors (Lipinski definition) is 3. The van der Waals surface area contributed by atoms with E-state index >= 15 is 0 Å². The number of carbonyl (C=O) groups excluding carboxylic acids is 1. The van der Waals surface area contributed by atoms with Gasteiger partial charge in [-0.15, -0.1) is 0 Å². The third-order valence-electron chi connectivity index (χ3n) is 3.60. The van der Waals surface area contributed by atoms with E-state index in [1.54, 1.807) is 18.2 Å². The predicted octanol–water partition coefficient (Wildman–Crippen LogP) is 1.33. The molecule has 0 bridgehead atoms. The van der Waals surface area contributed by atoms with E-state index in [4.69, 9.17) is 17.3 Å². The van der Waals surface area contributed by atoms with Gasteiger partial charge >= 0.3 is 0 Å². The van der Waals surface area contributed by atoms with Gasteiger partial charge in [0.2, 0.25) is 0 Å². The highest BCUT2D eigenvalue weighted by molar-refractivity contribution is 6.32. The van der Waals surface area contributed by atoms with Crippen LogP contribution in [-0.2, 0) is 0 Å². The summed E-state index contributed by atoms with van der Waals surface area (Å²) in [4.78, 5) is 14.4. The molecule has 1 aromatic carbocycles. The summed E-state index contributed by atoms with van der Waals surface area (Å²) in [5, 5.41) is 3.45. The minimum absolute atomic E-state index is 0.0928. The van der Waals surface area contributed by atoms with Gasteiger partial charge in [-0.1, -0.05) is 23.4 Å². The maximum absolute atomic E-state index is 12.1. The van der Waals surface area contributed by atoms with Gasteiger partial charge in [0.05, 0.1) is 11.6 Å². The van der Waals surface area contributed by atoms with E-state index in [1.165, 1.54) is 0 Å². The molecule has 1 aromatic rings. The van der Waals surface area contributed by atoms with Crippen LogP contribution in [0.5, 0.6) is 0 Å². The second kappa shape index (κ2) is 7.46. The number of nitrogens with one attached hydrogen (secondary N) is 1. The van der Waals surface area contributed by atoms with Crippen molar-refractivity contribution < 1.29 is 4.79 Å². The van der Waals surface area contributed by atoms with E-state index in [0.29, 0.717) is 28.6 Å². The highest BCUT2D eigenvalue weighted by Crippen LogP contribution is 2.17. The molecule has 1 saturated heterocycles. The Bertz CT molecular complexity index is 577. The summed E-state index contributed by atoms with van der Waals surface area (Å²) < 4.78 is 0. The van der Waals surface area contributed by atoms with Crippen LogP contribution in [0.1, 0.15) is 22.3 Å². The van der Waals surface area contributed by atoms with E-state index in [9.17, 15) is 4.79 Å². The van der Waals surface area contributed by atoms with Crippen molar-refractivity contribution in [3.63, 3.8) is 0 Å². The lowest BCUT2D eigenvalue weighted by molar-refractivity contribution is 0.0947. The van der Waals surface area contributed by atoms with Gasteiger partial charge in [0.15, 0.2) is 0 Å². The maximum atomic E-state index is 12.1. The van der Waals surface area contributed by atoms with Crippen molar-refractivity contribution in [3.8, 4) is 11.8 Å². The Morgan fingerprint density at radius 3 is 3.00 bits per heavy atom. The summed E-state index contributed by atoms with van der Waals surface area (Å²) in [6.45, 7) is 3.12. The molecule has 0 spiro atoms. The van der Waals surface area contributed by atoms with Crippen LogP contribution in [0.2, 0.25) is 5.02 Å². The third kappa shape index (κ3) is 4.47. The monoisotopic (exact) mass is 305 g/mol. The van der Waals surface area contributed by atoms with Crippen LogP contribution in [0.15, 0.2) is 18.2 Å². The molecule has 0 saturated carbocycles. The Labute approximate surface area is 130 Å². The van der Waals surface area contributed by atoms with Crippen LogP contribution in [0, 0.1) is 17.8 Å². The summed E-state index contributed by atoms with van der Waals surface area (Å²) in [5.41, 5.74) is 6.58. The Morgan fingerprint density at radius 2 is 2.38 bits per heavy atom. The molecule has 1 aliphatic heterocycles. The molecule has 0 radical (unpaired) electrons. The minimum atomic E-state index is -0.0928. The zero-order chi connectivity index (χ0) is 15.2. The number of halogens is 1. The largest absolute Gasteiger partial charge is 0.352 e. The molecule has 5 heteroatoms. The second-order valence-electron chi connectivity index (χ2n) is 5.33. The smallest absolute Gasteiger partial charge is 0.251 e. The van der Waals surface area contributed by atoms with Gasteiger partial charge in [0.25, 0.3) is 5.91 Å². The molecule has 1 atom stereocenters. The molecule has 1 amide bonds. The first-order chi connectivity index (χ1) is 10.1. The number of nitrogens with zero attached hydrogens (tertiary/aromatic N) is 1. The zero-order valence-electron chi connectivity index (χ0n) is 12.2. The quantitative estimate of drug-likeness (QED) is 0.828. The molecule has 2 rings (SSSR count). The molecule has 3 N–H and O–H groups in total. The van der Waals surface area contributed by atoms with Gasteiger partial charge in [0, 0.05) is 24.2 Å². The molecular weight excluding hydrogens is 286 g/mol. The molecule has 21 heavy (non-hydrogen) atoms. The van der Waals surface area contributed by atoms with Crippen molar-refractivity contribution in [2.24, 2.45) is 11.7 Å². The second-order valence-corrected chi connectivity index (χ2v) is 5.73. The highest BCUT2D eigenvalue weighted by atomic mass is 35.5. The van der Waals surface area contributed by atoms with Crippen LogP contribution < -0.4 is 11.1 Å². The lowest BCUT2D eigenvalue weighted by Crippen LogP contribution is -2.30. The van der Waals surface area contributed by atoms with Gasteiger partial charge in [-0.25, -0.2) is 0 Å². The molecule has 0 aromatic heterocycles. The average molecular weight is 306 g/mol. The number of benzene rings is 1. The Balaban J connectivity index is 1.94. The number of hydrogen-bond donors (Lipinski definition) is 2. The Morgan fingerprint density at radius 1 is 1.57 bits per heavy atom. The van der Waals surface area contributed by atoms with Crippen molar-refractivity contribution in [2.75, 3.05) is 33.2 Å². The molecule has 4 nitrogen and oxygen atoms in total. The van der Waals surface area contributed by atoms with Gasteiger partial charge in [-0.3, -0.25) is 4.79 Å². The topological polar surface area (TPSA) is 58.4 Å². The lowest BCUT2D eigenvalue weighted by Gasteiger charge is -2.12. The summed E-state index contributed by atoms with van der Waals surface area (Å²) in [6, 6.07) is 5.14. The normalized spacial score (nSPS) is 18.1. The molecule has 1 heterocycles. The number of rotatable bonds is 3. The fourth-order valence-corrected chi connectivity index (χ4v) is 2.66. The minimum Gasteiger partial charge on any atom is -0.352 e. The van der Waals surface area contributed by atoms with E-state index in [-0.39, 0.29) is 12.5 Å².